The van der Waals surface area contributed by atoms with E-state index in [0.29, 0.717) is 39.6 Å². The van der Waals surface area contributed by atoms with Crippen LogP contribution in [0.25, 0.3) is 0 Å². The summed E-state index contributed by atoms with van der Waals surface area (Å²) in [6, 6.07) is 25.2. The molecule has 2 aliphatic rings. The topological polar surface area (TPSA) is 106 Å². The number of imide groups is 1. The van der Waals surface area contributed by atoms with Crippen LogP contribution in [0.1, 0.15) is 31.8 Å². The average Bonchev–Trinajstić information content (AvgIpc) is 3.26. The van der Waals surface area contributed by atoms with E-state index in [0.717, 1.165) is 4.90 Å². The van der Waals surface area contributed by atoms with Gasteiger partial charge in [-0.15, -0.1) is 0 Å². The molecule has 2 heterocycles. The first-order valence-electron chi connectivity index (χ1n) is 10.7. The van der Waals surface area contributed by atoms with Crippen molar-refractivity contribution in [2.45, 2.75) is 0 Å². The van der Waals surface area contributed by atoms with Gasteiger partial charge in [-0.25, -0.2) is 4.52 Å². The van der Waals surface area contributed by atoms with Gasteiger partial charge in [0.05, 0.1) is 24.3 Å². The van der Waals surface area contributed by atoms with Crippen molar-refractivity contribution in [2.75, 3.05) is 7.11 Å². The first kappa shape index (κ1) is 33.9. The zero-order chi connectivity index (χ0) is 28.3. The molecular formula is C29H19CrFNO6P+. The number of carbonyl (C=O) groups excluding carboxylic acids is 2. The first-order chi connectivity index (χ1) is 18.5. The van der Waals surface area contributed by atoms with Crippen LogP contribution in [0, 0.1) is 50.2 Å². The fourth-order valence-corrected chi connectivity index (χ4v) is 6.30. The largest absolute Gasteiger partial charge is 0 e. The molecule has 0 saturated carbocycles. The van der Waals surface area contributed by atoms with Crippen LogP contribution in [-0.4, -0.2) is 23.8 Å². The number of amides is 2. The van der Waals surface area contributed by atoms with Crippen LogP contribution in [0.4, 0.5) is 4.20 Å². The van der Waals surface area contributed by atoms with Crippen molar-refractivity contribution in [1.29, 1.82) is 0 Å². The summed E-state index contributed by atoms with van der Waals surface area (Å²) in [7, 11) is -2.39. The molecule has 1 saturated heterocycles. The van der Waals surface area contributed by atoms with Gasteiger partial charge >= 0.3 is 41.7 Å². The Kier molecular flexibility index (Phi) is 14.0. The monoisotopic (exact) mass is 579 g/mol. The van der Waals surface area contributed by atoms with Gasteiger partial charge in [-0.2, -0.15) is 0 Å². The minimum absolute atomic E-state index is 0. The molecule has 5 rings (SSSR count). The molecule has 0 bridgehead atoms. The summed E-state index contributed by atoms with van der Waals surface area (Å²) in [6.07, 6.45) is 3.14. The van der Waals surface area contributed by atoms with Crippen molar-refractivity contribution in [1.82, 2.24) is 4.90 Å². The maximum atomic E-state index is 16.7. The van der Waals surface area contributed by atoms with E-state index in [2.05, 4.69) is 20.0 Å². The van der Waals surface area contributed by atoms with Gasteiger partial charge in [-0.1, -0.05) is 72.8 Å². The van der Waals surface area contributed by atoms with Crippen molar-refractivity contribution < 1.29 is 49.6 Å². The third kappa shape index (κ3) is 6.72. The van der Waals surface area contributed by atoms with Gasteiger partial charge in [0.1, 0.15) is 0 Å². The van der Waals surface area contributed by atoms with Crippen LogP contribution in [0.15, 0.2) is 84.9 Å². The molecule has 0 spiro atoms. The van der Waals surface area contributed by atoms with Gasteiger partial charge in [0.15, 0.2) is 0 Å². The average molecular weight is 579 g/mol. The third-order valence-corrected chi connectivity index (χ3v) is 8.15. The summed E-state index contributed by atoms with van der Waals surface area (Å²) in [4.78, 5) is 27.4. The van der Waals surface area contributed by atoms with Crippen LogP contribution in [-0.2, 0) is 35.8 Å². The van der Waals surface area contributed by atoms with Crippen LogP contribution >= 0.6 is 7.80 Å². The number of hydrogen-bond donors (Lipinski definition) is 0. The zero-order valence-electron chi connectivity index (χ0n) is 20.4. The predicted molar refractivity (Wildman–Crippen MR) is 133 cm³/mol. The number of hydrogen-bond acceptors (Lipinski definition) is 3. The molecule has 3 aromatic carbocycles. The molecule has 1 fully saturated rings. The molecule has 2 amide bonds. The second-order valence-electron chi connectivity index (χ2n) is 7.42. The van der Waals surface area contributed by atoms with Crippen molar-refractivity contribution in [2.24, 2.45) is 0 Å². The summed E-state index contributed by atoms with van der Waals surface area (Å²) in [5.41, 5.74) is 2.62. The van der Waals surface area contributed by atoms with E-state index in [1.54, 1.807) is 61.4 Å². The van der Waals surface area contributed by atoms with E-state index in [1.165, 1.54) is 7.11 Å². The minimum Gasteiger partial charge on any atom is 0 e. The molecule has 0 aliphatic carbocycles. The molecule has 3 aromatic rings. The number of nitrogens with zero attached hydrogens (tertiary/aromatic N) is 1. The zero-order valence-corrected chi connectivity index (χ0v) is 22.5. The van der Waals surface area contributed by atoms with Crippen LogP contribution in [0.5, 0.6) is 0 Å². The van der Waals surface area contributed by atoms with Gasteiger partial charge in [0, 0.05) is 41.3 Å². The summed E-state index contributed by atoms with van der Waals surface area (Å²) < 4.78 is 44.7. The standard InChI is InChI=1S/C26H19FNO3P.3CO.Cr/c1-31-32(27)23(18-10-4-2-5-11-18)16-20(17-24(32)19-12-6-3-7-13-19)28-25(29)21-14-8-9-15-22(21)26(28)30;3*1-2;/h2-17H,1H3;;;;/q+1;;;;. The van der Waals surface area contributed by atoms with Crippen molar-refractivity contribution in [3.05, 3.63) is 157 Å². The van der Waals surface area contributed by atoms with Crippen molar-refractivity contribution >= 4 is 19.6 Å². The predicted octanol–water partition coefficient (Wildman–Crippen LogP) is 5.75. The summed E-state index contributed by atoms with van der Waals surface area (Å²) in [5.74, 6) is -0.843. The van der Waals surface area contributed by atoms with Crippen molar-refractivity contribution in [3.8, 4) is 0 Å². The minimum atomic E-state index is -3.75. The van der Waals surface area contributed by atoms with Crippen LogP contribution in [0.2, 0.25) is 0 Å². The van der Waals surface area contributed by atoms with Gasteiger partial charge in [0.2, 0.25) is 11.3 Å². The second kappa shape index (κ2) is 16.1. The maximum absolute atomic E-state index is 16.7. The molecule has 5 radical (unpaired) electrons. The fraction of sp³-hybridized carbons (Fsp3) is 0.0345. The van der Waals surface area contributed by atoms with Crippen molar-refractivity contribution in [3.63, 3.8) is 0 Å². The summed E-state index contributed by atoms with van der Waals surface area (Å²) in [6.45, 7) is 13.5. The van der Waals surface area contributed by atoms with Gasteiger partial charge in [-0.05, 0) is 16.3 Å². The molecular weight excluding hydrogens is 560 g/mol. The number of rotatable bonds is 4. The Labute approximate surface area is 238 Å². The Morgan fingerprint density at radius 1 is 0.667 bits per heavy atom. The summed E-state index contributed by atoms with van der Waals surface area (Å²) >= 11 is 0. The molecule has 0 unspecified atom stereocenters. The number of fused-ring (bicyclic) bond motifs is 1. The van der Waals surface area contributed by atoms with E-state index in [4.69, 9.17) is 18.5 Å². The Morgan fingerprint density at radius 3 is 1.33 bits per heavy atom. The Bertz CT molecular complexity index is 1200. The second-order valence-corrected chi connectivity index (χ2v) is 9.82. The number of halogens is 1. The number of benzene rings is 3. The smallest absolute Gasteiger partial charge is 0 e. The van der Waals surface area contributed by atoms with E-state index in [1.807, 2.05) is 36.4 Å². The SMILES string of the molecule is CO[P+]1(F)[C](c2ccccc2)[CH][C](N2C(=O)c3ccccc3C2=O)[CH][C]1c1ccccc1.[C-]#[O+].[C-]#[O+].[C-]#[O+].[Cr]. The molecule has 0 aromatic heterocycles. The molecule has 7 nitrogen and oxygen atoms in total. The van der Waals surface area contributed by atoms with E-state index in [9.17, 15) is 9.59 Å². The van der Waals surface area contributed by atoms with Crippen LogP contribution < -0.4 is 0 Å². The van der Waals surface area contributed by atoms with E-state index in [-0.39, 0.29) is 17.4 Å². The molecule has 10 heteroatoms. The molecule has 39 heavy (non-hydrogen) atoms. The Hall–Kier alpha value is -3.13. The first-order valence-corrected chi connectivity index (χ1v) is 12.3. The van der Waals surface area contributed by atoms with Crippen LogP contribution in [0.3, 0.4) is 0 Å². The molecule has 193 valence electrons. The molecule has 0 atom stereocenters. The fourth-order valence-electron chi connectivity index (χ4n) is 4.08. The van der Waals surface area contributed by atoms with Gasteiger partial charge in [-0.3, -0.25) is 14.5 Å². The normalized spacial score (nSPS) is 16.1. The molecule has 2 aliphatic heterocycles. The molecule has 0 N–H and O–H groups in total. The van der Waals surface area contributed by atoms with Gasteiger partial charge < -0.3 is 0 Å². The quantitative estimate of drug-likeness (QED) is 0.170. The third-order valence-electron chi connectivity index (χ3n) is 5.63. The van der Waals surface area contributed by atoms with Gasteiger partial charge in [0.25, 0.3) is 11.8 Å². The maximum Gasteiger partial charge on any atom is 0 e. The summed E-state index contributed by atoms with van der Waals surface area (Å²) in [5, 5.41) is 0. The Balaban J connectivity index is 0.00000102. The van der Waals surface area contributed by atoms with E-state index < -0.39 is 19.6 Å². The Morgan fingerprint density at radius 2 is 1.00 bits per heavy atom. The number of carbonyl (C=O) groups is 2. The van der Waals surface area contributed by atoms with E-state index >= 15 is 4.20 Å².